The Morgan fingerprint density at radius 1 is 1.11 bits per heavy atom. The van der Waals surface area contributed by atoms with E-state index in [1.807, 2.05) is 19.2 Å². The number of fused-ring (bicyclic) bond motifs is 2. The molecule has 1 aromatic carbocycles. The molecule has 1 aliphatic rings. The van der Waals surface area contributed by atoms with Gasteiger partial charge < -0.3 is 9.67 Å². The van der Waals surface area contributed by atoms with Crippen LogP contribution in [0.25, 0.3) is 21.9 Å². The number of hydrogen-bond acceptors (Lipinski definition) is 4. The fraction of sp³-hybridized carbons (Fsp3) is 0.348. The molecular formula is C23H24N4O. The van der Waals surface area contributed by atoms with Gasteiger partial charge in [0, 0.05) is 34.9 Å². The van der Waals surface area contributed by atoms with Crippen LogP contribution in [0, 0.1) is 12.8 Å². The summed E-state index contributed by atoms with van der Waals surface area (Å²) in [5.41, 5.74) is 4.35. The zero-order valence-corrected chi connectivity index (χ0v) is 16.0. The summed E-state index contributed by atoms with van der Waals surface area (Å²) in [7, 11) is 0. The molecule has 5 nitrogen and oxygen atoms in total. The Morgan fingerprint density at radius 2 is 2.00 bits per heavy atom. The first kappa shape index (κ1) is 17.3. The molecule has 3 heterocycles. The first-order valence-electron chi connectivity index (χ1n) is 9.98. The van der Waals surface area contributed by atoms with Crippen molar-refractivity contribution in [1.82, 2.24) is 19.5 Å². The van der Waals surface area contributed by atoms with Crippen LogP contribution in [-0.2, 0) is 6.42 Å². The van der Waals surface area contributed by atoms with Gasteiger partial charge in [-0.15, -0.1) is 0 Å². The molecule has 1 saturated carbocycles. The molecule has 0 radical (unpaired) electrons. The van der Waals surface area contributed by atoms with E-state index in [0.29, 0.717) is 12.0 Å². The second-order valence-corrected chi connectivity index (χ2v) is 8.00. The third-order valence-electron chi connectivity index (χ3n) is 6.10. The Balaban J connectivity index is 1.30. The van der Waals surface area contributed by atoms with Gasteiger partial charge in [-0.3, -0.25) is 4.98 Å². The average molecular weight is 372 g/mol. The quantitative estimate of drug-likeness (QED) is 0.582. The van der Waals surface area contributed by atoms with Gasteiger partial charge in [-0.2, -0.15) is 0 Å². The molecule has 1 N–H and O–H groups in total. The summed E-state index contributed by atoms with van der Waals surface area (Å²) < 4.78 is 2.21. The van der Waals surface area contributed by atoms with Gasteiger partial charge in [0.2, 0.25) is 0 Å². The summed E-state index contributed by atoms with van der Waals surface area (Å²) >= 11 is 0. The molecule has 5 rings (SSSR count). The maximum Gasteiger partial charge on any atom is 0.143 e. The molecule has 0 amide bonds. The molecule has 0 bridgehead atoms. The highest BCUT2D eigenvalue weighted by atomic mass is 16.3. The van der Waals surface area contributed by atoms with Crippen LogP contribution >= 0.6 is 0 Å². The lowest BCUT2D eigenvalue weighted by molar-refractivity contribution is 0.127. The number of aryl methyl sites for hydroxylation is 2. The maximum atomic E-state index is 10.7. The van der Waals surface area contributed by atoms with Crippen LogP contribution in [0.1, 0.15) is 36.6 Å². The zero-order chi connectivity index (χ0) is 19.1. The van der Waals surface area contributed by atoms with Gasteiger partial charge in [-0.05, 0) is 62.3 Å². The molecule has 0 aliphatic heterocycles. The van der Waals surface area contributed by atoms with Crippen LogP contribution in [-0.4, -0.2) is 30.7 Å². The number of hydrogen-bond donors (Lipinski definition) is 1. The van der Waals surface area contributed by atoms with E-state index in [4.69, 9.17) is 0 Å². The van der Waals surface area contributed by atoms with E-state index in [1.54, 1.807) is 6.33 Å². The van der Waals surface area contributed by atoms with E-state index >= 15 is 0 Å². The predicted octanol–water partition coefficient (Wildman–Crippen LogP) is 4.23. The molecule has 5 heteroatoms. The minimum absolute atomic E-state index is 0.259. The van der Waals surface area contributed by atoms with E-state index in [0.717, 1.165) is 47.9 Å². The van der Waals surface area contributed by atoms with Crippen molar-refractivity contribution in [2.45, 2.75) is 44.8 Å². The molecule has 142 valence electrons. The van der Waals surface area contributed by atoms with Crippen LogP contribution in [0.3, 0.4) is 0 Å². The fourth-order valence-electron chi connectivity index (χ4n) is 4.58. The normalized spacial score (nSPS) is 22.3. The lowest BCUT2D eigenvalue weighted by Crippen LogP contribution is -2.13. The number of aliphatic hydroxyl groups is 1. The van der Waals surface area contributed by atoms with Crippen molar-refractivity contribution in [1.29, 1.82) is 0 Å². The first-order valence-corrected chi connectivity index (χ1v) is 9.98. The highest BCUT2D eigenvalue weighted by Gasteiger charge is 2.34. The summed E-state index contributed by atoms with van der Waals surface area (Å²) in [5, 5.41) is 12.9. The first-order chi connectivity index (χ1) is 13.7. The topological polar surface area (TPSA) is 63.8 Å². The third kappa shape index (κ3) is 3.16. The number of aromatic nitrogens is 4. The van der Waals surface area contributed by atoms with Crippen molar-refractivity contribution < 1.29 is 5.11 Å². The molecular weight excluding hydrogens is 348 g/mol. The lowest BCUT2D eigenvalue weighted by Gasteiger charge is -2.15. The second kappa shape index (κ2) is 6.99. The average Bonchev–Trinajstić information content (AvgIpc) is 3.29. The zero-order valence-electron chi connectivity index (χ0n) is 16.0. The molecule has 28 heavy (non-hydrogen) atoms. The van der Waals surface area contributed by atoms with Gasteiger partial charge in [0.05, 0.1) is 11.6 Å². The van der Waals surface area contributed by atoms with Crippen molar-refractivity contribution >= 4 is 21.9 Å². The Kier molecular flexibility index (Phi) is 4.32. The number of pyridine rings is 1. The van der Waals surface area contributed by atoms with E-state index in [-0.39, 0.29) is 6.10 Å². The smallest absolute Gasteiger partial charge is 0.143 e. The lowest BCUT2D eigenvalue weighted by atomic mass is 9.96. The Bertz CT molecular complexity index is 1140. The van der Waals surface area contributed by atoms with Gasteiger partial charge in [0.25, 0.3) is 0 Å². The van der Waals surface area contributed by atoms with Crippen molar-refractivity contribution in [3.05, 3.63) is 66.4 Å². The van der Waals surface area contributed by atoms with Gasteiger partial charge in [-0.1, -0.05) is 18.2 Å². The number of nitrogens with zero attached hydrogens (tertiary/aromatic N) is 4. The molecule has 0 saturated heterocycles. The van der Waals surface area contributed by atoms with Crippen molar-refractivity contribution in [2.24, 2.45) is 5.92 Å². The van der Waals surface area contributed by atoms with Crippen molar-refractivity contribution in [3.63, 3.8) is 0 Å². The monoisotopic (exact) mass is 372 g/mol. The summed E-state index contributed by atoms with van der Waals surface area (Å²) in [6.45, 7) is 2.02. The van der Waals surface area contributed by atoms with Crippen molar-refractivity contribution in [2.75, 3.05) is 0 Å². The Morgan fingerprint density at radius 3 is 2.93 bits per heavy atom. The summed E-state index contributed by atoms with van der Waals surface area (Å²) in [6, 6.07) is 13.1. The predicted molar refractivity (Wildman–Crippen MR) is 110 cm³/mol. The van der Waals surface area contributed by atoms with E-state index in [9.17, 15) is 5.11 Å². The summed E-state index contributed by atoms with van der Waals surface area (Å²) in [4.78, 5) is 13.2. The van der Waals surface area contributed by atoms with E-state index in [2.05, 4.69) is 56.0 Å². The molecule has 4 aromatic rings. The highest BCUT2D eigenvalue weighted by Crippen LogP contribution is 2.38. The Hall–Kier alpha value is -2.79. The molecule has 3 aromatic heterocycles. The van der Waals surface area contributed by atoms with Crippen LogP contribution in [0.5, 0.6) is 0 Å². The SMILES string of the molecule is Cc1ccc2ccc(CC[C@H]3C[C@@H](n4ccc5cncnc54)C[C@@H]3O)cc2n1. The second-order valence-electron chi connectivity index (χ2n) is 8.00. The number of benzene rings is 1. The maximum absolute atomic E-state index is 10.7. The van der Waals surface area contributed by atoms with Gasteiger partial charge in [0.15, 0.2) is 0 Å². The van der Waals surface area contributed by atoms with Crippen LogP contribution < -0.4 is 0 Å². The van der Waals surface area contributed by atoms with E-state index < -0.39 is 0 Å². The van der Waals surface area contributed by atoms with Crippen LogP contribution in [0.2, 0.25) is 0 Å². The summed E-state index contributed by atoms with van der Waals surface area (Å²) in [5.74, 6) is 0.311. The minimum Gasteiger partial charge on any atom is -0.393 e. The highest BCUT2D eigenvalue weighted by molar-refractivity contribution is 5.79. The van der Waals surface area contributed by atoms with Crippen LogP contribution in [0.15, 0.2) is 55.1 Å². The fourth-order valence-corrected chi connectivity index (χ4v) is 4.58. The molecule has 1 fully saturated rings. The summed E-state index contributed by atoms with van der Waals surface area (Å²) in [6.07, 6.45) is 8.99. The minimum atomic E-state index is -0.259. The van der Waals surface area contributed by atoms with Gasteiger partial charge >= 0.3 is 0 Å². The number of aliphatic hydroxyl groups excluding tert-OH is 1. The van der Waals surface area contributed by atoms with E-state index in [1.165, 1.54) is 10.9 Å². The largest absolute Gasteiger partial charge is 0.393 e. The standard InChI is InChI=1S/C23H24N4O/c1-15-2-5-17-6-3-16(10-21(17)26-15)4-7-18-11-20(12-22(18)28)27-9-8-19-13-24-14-25-23(19)27/h2-3,5-6,8-10,13-14,18,20,22,28H,4,7,11-12H2,1H3/t18-,20+,22-/m0/s1. The molecule has 1 aliphatic carbocycles. The van der Waals surface area contributed by atoms with Gasteiger partial charge in [0.1, 0.15) is 12.0 Å². The Labute approximate surface area is 164 Å². The van der Waals surface area contributed by atoms with Crippen LogP contribution in [0.4, 0.5) is 0 Å². The molecule has 0 unspecified atom stereocenters. The van der Waals surface area contributed by atoms with Crippen molar-refractivity contribution in [3.8, 4) is 0 Å². The van der Waals surface area contributed by atoms with Gasteiger partial charge in [-0.25, -0.2) is 9.97 Å². The molecule has 3 atom stereocenters. The third-order valence-corrected chi connectivity index (χ3v) is 6.10. The number of rotatable bonds is 4. The molecule has 0 spiro atoms.